The first-order valence-electron chi connectivity index (χ1n) is 15.3. The molecule has 0 saturated heterocycles. The van der Waals surface area contributed by atoms with Crippen molar-refractivity contribution in [3.8, 4) is 0 Å². The lowest BCUT2D eigenvalue weighted by Crippen LogP contribution is -2.47. The Kier molecular flexibility index (Phi) is 8.23. The van der Waals surface area contributed by atoms with Gasteiger partial charge in [0, 0.05) is 29.8 Å². The standard InChI is InChI=1S/C34H39N3O6/c1-20-25-8-3-5-11-29(25)43-31(20)33(40)35-27(9-4-6-12-30(38)42-2)32(39)36-28-10-7-13-37(34(28)41)19-26-23-15-21-14-22(17-23)18-24(26)16-21/h3,5-8,10-13,21-24,26-27H,4,9,14-19H2,1-2H3,(H,35,40)(H,36,39)/b12-6+/t21?,22?,23?,24?,26?,27-/m0/s1. The summed E-state index contributed by atoms with van der Waals surface area (Å²) in [6.07, 6.45) is 11.7. The predicted molar refractivity (Wildman–Crippen MR) is 162 cm³/mol. The summed E-state index contributed by atoms with van der Waals surface area (Å²) in [7, 11) is 1.29. The molecule has 1 atom stereocenters. The number of carbonyl (C=O) groups excluding carboxylic acids is 3. The van der Waals surface area contributed by atoms with Gasteiger partial charge in [-0.25, -0.2) is 4.79 Å². The number of allylic oxidation sites excluding steroid dienone is 1. The van der Waals surface area contributed by atoms with Crippen LogP contribution in [0.1, 0.15) is 61.1 Å². The predicted octanol–water partition coefficient (Wildman–Crippen LogP) is 5.22. The molecule has 2 aromatic heterocycles. The van der Waals surface area contributed by atoms with Gasteiger partial charge in [0.25, 0.3) is 11.5 Å². The number of aromatic nitrogens is 1. The summed E-state index contributed by atoms with van der Waals surface area (Å²) < 4.78 is 12.2. The molecule has 4 fully saturated rings. The zero-order valence-corrected chi connectivity index (χ0v) is 24.7. The molecule has 4 aliphatic carbocycles. The van der Waals surface area contributed by atoms with Crippen molar-refractivity contribution in [2.75, 3.05) is 12.4 Å². The average molecular weight is 586 g/mol. The smallest absolute Gasteiger partial charge is 0.330 e. The van der Waals surface area contributed by atoms with E-state index in [0.29, 0.717) is 41.9 Å². The molecule has 1 aromatic carbocycles. The molecule has 0 radical (unpaired) electrons. The number of methoxy groups -OCH3 is 1. The lowest BCUT2D eigenvalue weighted by molar-refractivity contribution is -0.134. The Hall–Kier alpha value is -4.14. The highest BCUT2D eigenvalue weighted by molar-refractivity contribution is 6.03. The number of hydrogen-bond donors (Lipinski definition) is 2. The maximum atomic E-state index is 13.6. The lowest BCUT2D eigenvalue weighted by atomic mass is 9.52. The minimum atomic E-state index is -0.986. The summed E-state index contributed by atoms with van der Waals surface area (Å²) in [6, 6.07) is 9.75. The van der Waals surface area contributed by atoms with Gasteiger partial charge in [-0.1, -0.05) is 24.3 Å². The molecule has 9 nitrogen and oxygen atoms in total. The summed E-state index contributed by atoms with van der Waals surface area (Å²) >= 11 is 0. The fourth-order valence-electron chi connectivity index (χ4n) is 7.95. The fraction of sp³-hybridized carbons (Fsp3) is 0.471. The summed E-state index contributed by atoms with van der Waals surface area (Å²) in [6.45, 7) is 2.46. The SMILES string of the molecule is COC(=O)/C=C/CC[C@H](NC(=O)c1oc2ccccc2c1C)C(=O)Nc1cccn(CC2C3CC4CC(C3)CC2C4)c1=O. The minimum Gasteiger partial charge on any atom is -0.466 e. The van der Waals surface area contributed by atoms with E-state index in [1.54, 1.807) is 35.8 Å². The van der Waals surface area contributed by atoms with Gasteiger partial charge < -0.3 is 24.4 Å². The van der Waals surface area contributed by atoms with Crippen molar-refractivity contribution in [2.45, 2.75) is 64.5 Å². The number of benzene rings is 1. The summed E-state index contributed by atoms with van der Waals surface area (Å²) in [4.78, 5) is 51.9. The number of anilines is 1. The topological polar surface area (TPSA) is 120 Å². The van der Waals surface area contributed by atoms with E-state index < -0.39 is 23.8 Å². The minimum absolute atomic E-state index is 0.127. The highest BCUT2D eigenvalue weighted by Crippen LogP contribution is 2.56. The zero-order valence-electron chi connectivity index (χ0n) is 24.7. The number of ether oxygens (including phenoxy) is 1. The number of amides is 2. The number of hydrogen-bond acceptors (Lipinski definition) is 6. The Bertz CT molecular complexity index is 1590. The molecule has 4 bridgehead atoms. The molecule has 4 aliphatic rings. The molecule has 0 unspecified atom stereocenters. The maximum Gasteiger partial charge on any atom is 0.330 e. The fourth-order valence-corrected chi connectivity index (χ4v) is 7.95. The van der Waals surface area contributed by atoms with Crippen molar-refractivity contribution in [1.82, 2.24) is 9.88 Å². The number of fused-ring (bicyclic) bond motifs is 1. The highest BCUT2D eigenvalue weighted by Gasteiger charge is 2.48. The Morgan fingerprint density at radius 3 is 2.47 bits per heavy atom. The quantitative estimate of drug-likeness (QED) is 0.249. The van der Waals surface area contributed by atoms with Crippen molar-refractivity contribution in [3.05, 3.63) is 76.4 Å². The van der Waals surface area contributed by atoms with Gasteiger partial charge in [0.1, 0.15) is 17.3 Å². The largest absolute Gasteiger partial charge is 0.466 e. The van der Waals surface area contributed by atoms with E-state index >= 15 is 0 Å². The van der Waals surface area contributed by atoms with E-state index in [2.05, 4.69) is 15.4 Å². The number of rotatable bonds is 10. The number of furan rings is 1. The van der Waals surface area contributed by atoms with Crippen LogP contribution in [-0.4, -0.2) is 35.5 Å². The van der Waals surface area contributed by atoms with E-state index in [4.69, 9.17) is 4.42 Å². The van der Waals surface area contributed by atoms with Gasteiger partial charge in [-0.3, -0.25) is 14.4 Å². The molecule has 43 heavy (non-hydrogen) atoms. The summed E-state index contributed by atoms with van der Waals surface area (Å²) in [5.74, 6) is 2.15. The van der Waals surface area contributed by atoms with Gasteiger partial charge in [-0.05, 0) is 99.7 Å². The molecule has 3 aromatic rings. The van der Waals surface area contributed by atoms with Gasteiger partial charge in [0.05, 0.1) is 7.11 Å². The normalized spacial score (nSPS) is 24.7. The molecule has 0 aliphatic heterocycles. The Morgan fingerprint density at radius 2 is 1.77 bits per heavy atom. The first-order chi connectivity index (χ1) is 20.8. The third-order valence-electron chi connectivity index (χ3n) is 9.86. The van der Waals surface area contributed by atoms with Crippen LogP contribution in [0.3, 0.4) is 0 Å². The number of para-hydroxylation sites is 1. The number of carbonyl (C=O) groups is 3. The third kappa shape index (κ3) is 6.03. The van der Waals surface area contributed by atoms with Crippen molar-refractivity contribution < 1.29 is 23.5 Å². The van der Waals surface area contributed by atoms with Gasteiger partial charge in [-0.15, -0.1) is 0 Å². The summed E-state index contributed by atoms with van der Waals surface area (Å²) in [5, 5.41) is 6.38. The van der Waals surface area contributed by atoms with Gasteiger partial charge in [0.2, 0.25) is 5.91 Å². The molecular formula is C34H39N3O6. The van der Waals surface area contributed by atoms with E-state index in [0.717, 1.165) is 17.2 Å². The Balaban J connectivity index is 1.18. The van der Waals surface area contributed by atoms with Crippen LogP contribution in [0.4, 0.5) is 5.69 Å². The van der Waals surface area contributed by atoms with Crippen LogP contribution in [0.25, 0.3) is 11.0 Å². The second-order valence-electron chi connectivity index (χ2n) is 12.5. The van der Waals surface area contributed by atoms with Crippen molar-refractivity contribution in [2.24, 2.45) is 29.6 Å². The van der Waals surface area contributed by atoms with E-state index in [1.165, 1.54) is 45.3 Å². The zero-order chi connectivity index (χ0) is 30.1. The van der Waals surface area contributed by atoms with Crippen molar-refractivity contribution >= 4 is 34.4 Å². The van der Waals surface area contributed by atoms with Crippen LogP contribution in [0.15, 0.2) is 64.0 Å². The molecule has 2 N–H and O–H groups in total. The number of nitrogens with one attached hydrogen (secondary N) is 2. The van der Waals surface area contributed by atoms with Crippen LogP contribution >= 0.6 is 0 Å². The lowest BCUT2D eigenvalue weighted by Gasteiger charge is -2.54. The second-order valence-corrected chi connectivity index (χ2v) is 12.5. The maximum absolute atomic E-state index is 13.6. The number of aryl methyl sites for hydroxylation is 1. The first kappa shape index (κ1) is 29.0. The van der Waals surface area contributed by atoms with Crippen LogP contribution in [0.5, 0.6) is 0 Å². The van der Waals surface area contributed by atoms with Gasteiger partial charge >= 0.3 is 5.97 Å². The van der Waals surface area contributed by atoms with Gasteiger partial charge in [0.15, 0.2) is 5.76 Å². The monoisotopic (exact) mass is 585 g/mol. The average Bonchev–Trinajstić information content (AvgIpc) is 3.34. The molecule has 2 heterocycles. The summed E-state index contributed by atoms with van der Waals surface area (Å²) in [5.41, 5.74) is 1.19. The van der Waals surface area contributed by atoms with Crippen molar-refractivity contribution in [1.29, 1.82) is 0 Å². The number of esters is 1. The molecule has 9 heteroatoms. The van der Waals surface area contributed by atoms with Crippen LogP contribution in [0.2, 0.25) is 0 Å². The molecule has 2 amide bonds. The Labute approximate surface area is 250 Å². The van der Waals surface area contributed by atoms with Crippen LogP contribution in [-0.2, 0) is 20.9 Å². The molecule has 226 valence electrons. The Morgan fingerprint density at radius 1 is 1.05 bits per heavy atom. The van der Waals surface area contributed by atoms with E-state index in [-0.39, 0.29) is 23.4 Å². The highest BCUT2D eigenvalue weighted by atomic mass is 16.5. The van der Waals surface area contributed by atoms with Crippen LogP contribution < -0.4 is 16.2 Å². The molecule has 4 saturated carbocycles. The number of pyridine rings is 1. The second kappa shape index (κ2) is 12.2. The third-order valence-corrected chi connectivity index (χ3v) is 9.86. The number of nitrogens with zero attached hydrogens (tertiary/aromatic N) is 1. The van der Waals surface area contributed by atoms with Crippen LogP contribution in [0, 0.1) is 36.5 Å². The molecule has 0 spiro atoms. The van der Waals surface area contributed by atoms with E-state index in [1.807, 2.05) is 24.4 Å². The van der Waals surface area contributed by atoms with E-state index in [9.17, 15) is 19.2 Å². The molecular weight excluding hydrogens is 546 g/mol. The van der Waals surface area contributed by atoms with Gasteiger partial charge in [-0.2, -0.15) is 0 Å². The molecule has 7 rings (SSSR count). The first-order valence-corrected chi connectivity index (χ1v) is 15.3. The van der Waals surface area contributed by atoms with Crippen molar-refractivity contribution in [3.63, 3.8) is 0 Å².